The van der Waals surface area contributed by atoms with Crippen LogP contribution < -0.4 is 4.57 Å². The predicted molar refractivity (Wildman–Crippen MR) is 143 cm³/mol. The Kier molecular flexibility index (Phi) is 5.19. The number of furan rings is 1. The predicted octanol–water partition coefficient (Wildman–Crippen LogP) is 8.57. The van der Waals surface area contributed by atoms with Gasteiger partial charge in [0.25, 0.3) is 0 Å². The Balaban J connectivity index is 1.64. The second-order valence-electron chi connectivity index (χ2n) is 9.95. The molecule has 35 heavy (non-hydrogen) atoms. The number of nitrogens with zero attached hydrogens (tertiary/aromatic N) is 2. The van der Waals surface area contributed by atoms with E-state index in [1.54, 1.807) is 0 Å². The Bertz CT molecular complexity index is 1630. The quantitative estimate of drug-likeness (QED) is 0.196. The Morgan fingerprint density at radius 1 is 0.886 bits per heavy atom. The fraction of sp³-hybridized carbons (Fsp3) is 0.250. The third kappa shape index (κ3) is 3.44. The van der Waals surface area contributed by atoms with Crippen LogP contribution in [0, 0.1) is 20.4 Å². The first kappa shape index (κ1) is 21.6. The van der Waals surface area contributed by atoms with Crippen molar-refractivity contribution >= 4 is 27.6 Å². The number of fused-ring (bicyclic) bond motifs is 3. The van der Waals surface area contributed by atoms with Crippen LogP contribution in [-0.4, -0.2) is 0 Å². The Morgan fingerprint density at radius 2 is 1.66 bits per heavy atom. The van der Waals surface area contributed by atoms with Crippen LogP contribution in [0.25, 0.3) is 49.2 Å². The minimum Gasteiger partial charge on any atom is -0.456 e. The summed E-state index contributed by atoms with van der Waals surface area (Å²) in [6.07, 6.45) is 7.57. The maximum absolute atomic E-state index is 7.80. The molecule has 0 unspecified atom stereocenters. The zero-order valence-corrected chi connectivity index (χ0v) is 20.6. The standard InChI is InChI=1S/C32H29N2O/c1-20-18-21(2)29(27-17-14-24(19-34(27)4)22-10-8-9-11-22)32-28(20)25-15-16-26(33-3)30(31(25)35-32)23-12-6-5-7-13-23/h5-7,12-19,22H,8-11H2,1-2,4H3/q+1. The van der Waals surface area contributed by atoms with E-state index in [2.05, 4.69) is 72.9 Å². The van der Waals surface area contributed by atoms with Gasteiger partial charge in [0.1, 0.15) is 18.2 Å². The van der Waals surface area contributed by atoms with Gasteiger partial charge in [-0.1, -0.05) is 61.4 Å². The molecule has 1 aliphatic carbocycles. The van der Waals surface area contributed by atoms with Crippen LogP contribution in [0.4, 0.5) is 5.69 Å². The molecule has 0 N–H and O–H groups in total. The van der Waals surface area contributed by atoms with E-state index in [9.17, 15) is 0 Å². The average Bonchev–Trinajstić information content (AvgIpc) is 3.53. The summed E-state index contributed by atoms with van der Waals surface area (Å²) in [6.45, 7) is 12.1. The minimum absolute atomic E-state index is 0.616. The first-order valence-electron chi connectivity index (χ1n) is 12.5. The molecule has 3 aromatic carbocycles. The number of pyridine rings is 1. The lowest BCUT2D eigenvalue weighted by Gasteiger charge is -2.11. The molecule has 5 aromatic rings. The van der Waals surface area contributed by atoms with E-state index in [0.29, 0.717) is 11.6 Å². The van der Waals surface area contributed by atoms with E-state index in [0.717, 1.165) is 44.3 Å². The summed E-state index contributed by atoms with van der Waals surface area (Å²) >= 11 is 0. The highest BCUT2D eigenvalue weighted by Gasteiger charge is 2.26. The van der Waals surface area contributed by atoms with E-state index in [4.69, 9.17) is 11.0 Å². The number of hydrogen-bond acceptors (Lipinski definition) is 1. The van der Waals surface area contributed by atoms with Crippen molar-refractivity contribution in [2.24, 2.45) is 7.05 Å². The Hall–Kier alpha value is -3.90. The first-order valence-corrected chi connectivity index (χ1v) is 12.5. The average molecular weight is 458 g/mol. The summed E-state index contributed by atoms with van der Waals surface area (Å²) < 4.78 is 9.02. The number of benzene rings is 3. The van der Waals surface area contributed by atoms with Crippen molar-refractivity contribution in [3.8, 4) is 22.4 Å². The van der Waals surface area contributed by atoms with Crippen LogP contribution in [0.3, 0.4) is 0 Å². The molecular weight excluding hydrogens is 428 g/mol. The maximum Gasteiger partial charge on any atom is 0.216 e. The van der Waals surface area contributed by atoms with Gasteiger partial charge in [-0.05, 0) is 55.4 Å². The summed E-state index contributed by atoms with van der Waals surface area (Å²) in [7, 11) is 2.15. The van der Waals surface area contributed by atoms with Crippen molar-refractivity contribution in [2.75, 3.05) is 0 Å². The van der Waals surface area contributed by atoms with Gasteiger partial charge in [0.05, 0.1) is 12.1 Å². The molecule has 172 valence electrons. The highest BCUT2D eigenvalue weighted by atomic mass is 16.3. The maximum atomic E-state index is 7.80. The first-order chi connectivity index (χ1) is 17.1. The zero-order chi connectivity index (χ0) is 24.1. The van der Waals surface area contributed by atoms with Gasteiger partial charge in [0, 0.05) is 28.0 Å². The monoisotopic (exact) mass is 457 g/mol. The normalized spacial score (nSPS) is 14.1. The lowest BCUT2D eigenvalue weighted by Crippen LogP contribution is -2.31. The van der Waals surface area contributed by atoms with E-state index in [1.165, 1.54) is 42.4 Å². The Labute approximate surface area is 206 Å². The SMILES string of the molecule is [C-]#[N+]c1ccc2c(oc3c(-c4ccc(C5CCCC5)c[n+]4C)c(C)cc(C)c32)c1-c1ccccc1. The molecule has 0 bridgehead atoms. The molecule has 2 aromatic heterocycles. The molecule has 0 radical (unpaired) electrons. The molecular formula is C32H29N2O+. The van der Waals surface area contributed by atoms with Crippen molar-refractivity contribution in [3.05, 3.63) is 95.0 Å². The summed E-state index contributed by atoms with van der Waals surface area (Å²) in [5.74, 6) is 0.682. The number of aryl methyl sites for hydroxylation is 3. The smallest absolute Gasteiger partial charge is 0.216 e. The van der Waals surface area contributed by atoms with Crippen LogP contribution in [-0.2, 0) is 7.05 Å². The highest BCUT2D eigenvalue weighted by Crippen LogP contribution is 2.45. The van der Waals surface area contributed by atoms with Gasteiger partial charge in [-0.25, -0.2) is 9.41 Å². The van der Waals surface area contributed by atoms with E-state index < -0.39 is 0 Å². The molecule has 0 aliphatic heterocycles. The van der Waals surface area contributed by atoms with Gasteiger partial charge in [-0.3, -0.25) is 0 Å². The summed E-state index contributed by atoms with van der Waals surface area (Å²) in [5.41, 5.74) is 10.3. The van der Waals surface area contributed by atoms with Crippen LogP contribution in [0.2, 0.25) is 0 Å². The van der Waals surface area contributed by atoms with E-state index >= 15 is 0 Å². The molecule has 1 saturated carbocycles. The largest absolute Gasteiger partial charge is 0.456 e. The van der Waals surface area contributed by atoms with Crippen LogP contribution in [0.1, 0.15) is 48.3 Å². The van der Waals surface area contributed by atoms with Crippen molar-refractivity contribution < 1.29 is 8.98 Å². The topological polar surface area (TPSA) is 21.4 Å². The van der Waals surface area contributed by atoms with Gasteiger partial charge < -0.3 is 4.42 Å². The van der Waals surface area contributed by atoms with Gasteiger partial charge in [-0.2, -0.15) is 0 Å². The van der Waals surface area contributed by atoms with Crippen LogP contribution in [0.15, 0.2) is 71.3 Å². The lowest BCUT2D eigenvalue weighted by atomic mass is 9.94. The third-order valence-electron chi connectivity index (χ3n) is 7.71. The van der Waals surface area contributed by atoms with Gasteiger partial charge in [-0.15, -0.1) is 0 Å². The minimum atomic E-state index is 0.616. The van der Waals surface area contributed by atoms with Crippen molar-refractivity contribution in [1.82, 2.24) is 0 Å². The van der Waals surface area contributed by atoms with E-state index in [-0.39, 0.29) is 0 Å². The summed E-state index contributed by atoms with van der Waals surface area (Å²) in [5, 5.41) is 2.20. The fourth-order valence-corrected chi connectivity index (χ4v) is 6.05. The summed E-state index contributed by atoms with van der Waals surface area (Å²) in [4.78, 5) is 3.84. The summed E-state index contributed by atoms with van der Waals surface area (Å²) in [6, 6.07) is 21.0. The van der Waals surface area contributed by atoms with Crippen LogP contribution in [0.5, 0.6) is 0 Å². The fourth-order valence-electron chi connectivity index (χ4n) is 6.05. The number of aromatic nitrogens is 1. The van der Waals surface area contributed by atoms with Gasteiger partial charge in [0.15, 0.2) is 11.9 Å². The van der Waals surface area contributed by atoms with E-state index in [1.807, 2.05) is 24.3 Å². The van der Waals surface area contributed by atoms with Crippen LogP contribution >= 0.6 is 0 Å². The Morgan fingerprint density at radius 3 is 2.37 bits per heavy atom. The molecule has 0 amide bonds. The zero-order valence-electron chi connectivity index (χ0n) is 20.6. The third-order valence-corrected chi connectivity index (χ3v) is 7.71. The van der Waals surface area contributed by atoms with Crippen molar-refractivity contribution in [1.29, 1.82) is 0 Å². The lowest BCUT2D eigenvalue weighted by molar-refractivity contribution is -0.660. The molecule has 0 saturated heterocycles. The number of rotatable bonds is 3. The molecule has 1 aliphatic rings. The molecule has 3 heteroatoms. The second-order valence-corrected chi connectivity index (χ2v) is 9.95. The second kappa shape index (κ2) is 8.40. The molecule has 6 rings (SSSR count). The van der Waals surface area contributed by atoms with Crippen molar-refractivity contribution in [3.63, 3.8) is 0 Å². The number of hydrogen-bond donors (Lipinski definition) is 0. The van der Waals surface area contributed by atoms with Gasteiger partial charge >= 0.3 is 0 Å². The highest BCUT2D eigenvalue weighted by molar-refractivity contribution is 6.16. The molecule has 2 heterocycles. The van der Waals surface area contributed by atoms with Gasteiger partial charge in [0.2, 0.25) is 5.69 Å². The molecule has 3 nitrogen and oxygen atoms in total. The molecule has 0 spiro atoms. The van der Waals surface area contributed by atoms with Crippen molar-refractivity contribution in [2.45, 2.75) is 45.4 Å². The molecule has 0 atom stereocenters. The molecule has 1 fully saturated rings.